The number of aromatic hydroxyl groups is 3. The Balaban J connectivity index is 1.30. The van der Waals surface area contributed by atoms with Gasteiger partial charge in [0.15, 0.2) is 23.6 Å². The number of rotatable bonds is 6. The molecule has 42 heavy (non-hydrogen) atoms. The molecule has 230 valence electrons. The molecule has 0 radical (unpaired) electrons. The number of ketones is 1. The van der Waals surface area contributed by atoms with Crippen LogP contribution in [0, 0.1) is 0 Å². The van der Waals surface area contributed by atoms with Crippen LogP contribution < -0.4 is 9.47 Å². The van der Waals surface area contributed by atoms with E-state index in [4.69, 9.17) is 23.7 Å². The van der Waals surface area contributed by atoms with Crippen molar-refractivity contribution in [3.8, 4) is 28.7 Å². The van der Waals surface area contributed by atoms with Crippen LogP contribution in [0.5, 0.6) is 28.7 Å². The molecular formula is C27H32O15. The van der Waals surface area contributed by atoms with Crippen molar-refractivity contribution in [2.75, 3.05) is 6.61 Å². The third kappa shape index (κ3) is 5.70. The van der Waals surface area contributed by atoms with Crippen molar-refractivity contribution in [1.29, 1.82) is 0 Å². The molecule has 0 spiro atoms. The maximum Gasteiger partial charge on any atom is 0.229 e. The number of aliphatic hydroxyl groups is 6. The van der Waals surface area contributed by atoms with E-state index in [0.717, 1.165) is 6.07 Å². The highest BCUT2D eigenvalue weighted by molar-refractivity contribution is 6.02. The molecule has 0 saturated carbocycles. The molecule has 0 amide bonds. The summed E-state index contributed by atoms with van der Waals surface area (Å²) in [6.45, 7) is 0.949. The van der Waals surface area contributed by atoms with Crippen LogP contribution in [0.4, 0.5) is 0 Å². The number of carbonyl (C=O) groups is 1. The summed E-state index contributed by atoms with van der Waals surface area (Å²) in [5.41, 5.74) is 0.255. The Morgan fingerprint density at radius 3 is 2.19 bits per heavy atom. The Morgan fingerprint density at radius 1 is 0.786 bits per heavy atom. The van der Waals surface area contributed by atoms with Gasteiger partial charge in [0.1, 0.15) is 71.6 Å². The van der Waals surface area contributed by atoms with Gasteiger partial charge < -0.3 is 69.6 Å². The molecular weight excluding hydrogens is 564 g/mol. The van der Waals surface area contributed by atoms with Crippen LogP contribution >= 0.6 is 0 Å². The molecule has 15 nitrogen and oxygen atoms in total. The largest absolute Gasteiger partial charge is 0.507 e. The van der Waals surface area contributed by atoms with Crippen molar-refractivity contribution in [3.05, 3.63) is 41.5 Å². The van der Waals surface area contributed by atoms with Crippen LogP contribution in [0.2, 0.25) is 0 Å². The lowest BCUT2D eigenvalue weighted by Gasteiger charge is -2.42. The predicted molar refractivity (Wildman–Crippen MR) is 136 cm³/mol. The molecule has 9 N–H and O–H groups in total. The average Bonchev–Trinajstić information content (AvgIpc) is 2.95. The highest BCUT2D eigenvalue weighted by atomic mass is 16.7. The van der Waals surface area contributed by atoms with Crippen LogP contribution in [-0.4, -0.2) is 120 Å². The van der Waals surface area contributed by atoms with Crippen LogP contribution in [0.25, 0.3) is 0 Å². The summed E-state index contributed by atoms with van der Waals surface area (Å²) < 4.78 is 27.9. The zero-order valence-corrected chi connectivity index (χ0v) is 22.1. The van der Waals surface area contributed by atoms with Gasteiger partial charge in [-0.25, -0.2) is 0 Å². The van der Waals surface area contributed by atoms with Gasteiger partial charge in [0.25, 0.3) is 0 Å². The fourth-order valence-corrected chi connectivity index (χ4v) is 5.04. The first kappa shape index (κ1) is 30.2. The molecule has 2 aromatic carbocycles. The summed E-state index contributed by atoms with van der Waals surface area (Å²) in [7, 11) is 0. The number of phenols is 3. The minimum absolute atomic E-state index is 0.0807. The molecule has 5 unspecified atom stereocenters. The van der Waals surface area contributed by atoms with Gasteiger partial charge in [0, 0.05) is 12.1 Å². The predicted octanol–water partition coefficient (Wildman–Crippen LogP) is -1.46. The first-order valence-corrected chi connectivity index (χ1v) is 13.1. The van der Waals surface area contributed by atoms with Gasteiger partial charge in [-0.15, -0.1) is 0 Å². The fourth-order valence-electron chi connectivity index (χ4n) is 5.04. The number of phenolic OH excluding ortho intramolecular Hbond substituents is 3. The number of benzene rings is 2. The van der Waals surface area contributed by atoms with Crippen LogP contribution in [-0.2, 0) is 14.2 Å². The Kier molecular flexibility index (Phi) is 8.48. The SMILES string of the molecule is CC1O[C@@H](OCC2O[C@@H](Oc3cc(O)c4c(c3)OC(c3ccc(O)c(O)c3)CC4=O)C(O)[C@H](O)[C@@H]2O)C(O)[C@H](O)[C@H]1O. The maximum absolute atomic E-state index is 12.8. The van der Waals surface area contributed by atoms with Gasteiger partial charge in [-0.2, -0.15) is 0 Å². The fraction of sp³-hybridized carbons (Fsp3) is 0.519. The standard InChI is InChI=1S/C27H32O15/c1-9-20(32)22(34)24(36)26(39-9)38-8-18-21(33)23(35)25(37)27(42-18)40-11-5-14(30)19-15(31)7-16(41-17(19)6-11)10-2-3-12(28)13(29)4-10/h2-6,9,16,18,20-30,32-37H,7-8H2,1H3/t9?,16?,18?,20-,21+,22+,23+,24?,25?,26+,27+/m0/s1. The number of hydrogen-bond acceptors (Lipinski definition) is 15. The Hall–Kier alpha value is -3.25. The third-order valence-electron chi connectivity index (χ3n) is 7.50. The van der Waals surface area contributed by atoms with Gasteiger partial charge in [0.05, 0.1) is 19.1 Å². The van der Waals surface area contributed by atoms with E-state index >= 15 is 0 Å². The number of Topliss-reactive ketones (excluding diaryl/α,β-unsaturated/α-hetero) is 1. The van der Waals surface area contributed by atoms with E-state index in [2.05, 4.69) is 0 Å². The quantitative estimate of drug-likeness (QED) is 0.173. The molecule has 5 rings (SSSR count). The second kappa shape index (κ2) is 11.8. The topological polar surface area (TPSA) is 245 Å². The highest BCUT2D eigenvalue weighted by Gasteiger charge is 2.47. The molecule has 3 heterocycles. The van der Waals surface area contributed by atoms with E-state index in [0.29, 0.717) is 5.56 Å². The van der Waals surface area contributed by atoms with Crippen molar-refractivity contribution in [1.82, 2.24) is 0 Å². The summed E-state index contributed by atoms with van der Waals surface area (Å²) >= 11 is 0. The van der Waals surface area contributed by atoms with Gasteiger partial charge in [-0.05, 0) is 24.6 Å². The van der Waals surface area contributed by atoms with E-state index in [9.17, 15) is 50.8 Å². The van der Waals surface area contributed by atoms with Gasteiger partial charge in [-0.1, -0.05) is 6.07 Å². The minimum Gasteiger partial charge on any atom is -0.507 e. The van der Waals surface area contributed by atoms with Crippen LogP contribution in [0.1, 0.15) is 35.4 Å². The lowest BCUT2D eigenvalue weighted by atomic mass is 9.95. The molecule has 11 atom stereocenters. The zero-order valence-electron chi connectivity index (χ0n) is 22.1. The number of hydrogen-bond donors (Lipinski definition) is 9. The summed E-state index contributed by atoms with van der Waals surface area (Å²) in [5, 5.41) is 91.3. The zero-order chi connectivity index (χ0) is 30.5. The summed E-state index contributed by atoms with van der Waals surface area (Å²) in [5.74, 6) is -1.96. The van der Waals surface area contributed by atoms with E-state index in [-0.39, 0.29) is 29.2 Å². The van der Waals surface area contributed by atoms with Crippen molar-refractivity contribution in [3.63, 3.8) is 0 Å². The average molecular weight is 597 g/mol. The molecule has 15 heteroatoms. The Labute approximate surface area is 238 Å². The lowest BCUT2D eigenvalue weighted by molar-refractivity contribution is -0.318. The number of fused-ring (bicyclic) bond motifs is 1. The summed E-state index contributed by atoms with van der Waals surface area (Å²) in [6, 6.07) is 6.26. The maximum atomic E-state index is 12.8. The van der Waals surface area contributed by atoms with Crippen molar-refractivity contribution < 1.29 is 74.4 Å². The molecule has 3 aliphatic heterocycles. The van der Waals surface area contributed by atoms with E-state index < -0.39 is 91.4 Å². The van der Waals surface area contributed by atoms with Crippen molar-refractivity contribution in [2.45, 2.75) is 80.9 Å². The monoisotopic (exact) mass is 596 g/mol. The second-order valence-corrected chi connectivity index (χ2v) is 10.4. The van der Waals surface area contributed by atoms with Gasteiger partial charge in [-0.3, -0.25) is 4.79 Å². The molecule has 0 bridgehead atoms. The number of ether oxygens (including phenoxy) is 5. The molecule has 3 aliphatic rings. The van der Waals surface area contributed by atoms with Crippen molar-refractivity contribution >= 4 is 5.78 Å². The molecule has 0 aliphatic carbocycles. The van der Waals surface area contributed by atoms with E-state index in [1.807, 2.05) is 0 Å². The van der Waals surface area contributed by atoms with E-state index in [1.165, 1.54) is 31.2 Å². The van der Waals surface area contributed by atoms with E-state index in [1.54, 1.807) is 0 Å². The molecule has 2 aromatic rings. The first-order valence-electron chi connectivity index (χ1n) is 13.1. The highest BCUT2D eigenvalue weighted by Crippen LogP contribution is 2.43. The van der Waals surface area contributed by atoms with Crippen LogP contribution in [0.3, 0.4) is 0 Å². The lowest BCUT2D eigenvalue weighted by Crippen LogP contribution is -2.61. The first-order chi connectivity index (χ1) is 19.8. The molecule has 2 saturated heterocycles. The smallest absolute Gasteiger partial charge is 0.229 e. The van der Waals surface area contributed by atoms with Crippen molar-refractivity contribution in [2.24, 2.45) is 0 Å². The third-order valence-corrected chi connectivity index (χ3v) is 7.50. The minimum atomic E-state index is -1.78. The summed E-state index contributed by atoms with van der Waals surface area (Å²) in [4.78, 5) is 12.8. The van der Waals surface area contributed by atoms with Gasteiger partial charge >= 0.3 is 0 Å². The van der Waals surface area contributed by atoms with Crippen LogP contribution in [0.15, 0.2) is 30.3 Å². The normalized spacial score (nSPS) is 36.6. The van der Waals surface area contributed by atoms with Gasteiger partial charge in [0.2, 0.25) is 6.29 Å². The Morgan fingerprint density at radius 2 is 1.48 bits per heavy atom. The summed E-state index contributed by atoms with van der Waals surface area (Å²) in [6.07, 6.45) is -16.1. The Bertz CT molecular complexity index is 1300. The number of aliphatic hydroxyl groups excluding tert-OH is 6. The molecule has 0 aromatic heterocycles. The molecule has 2 fully saturated rings. The second-order valence-electron chi connectivity index (χ2n) is 10.4. The number of carbonyl (C=O) groups excluding carboxylic acids is 1.